The molecule has 0 aliphatic heterocycles. The number of hydrogen-bond acceptors (Lipinski definition) is 8. The van der Waals surface area contributed by atoms with Crippen molar-refractivity contribution in [2.75, 3.05) is 11.5 Å². The third-order valence-electron chi connectivity index (χ3n) is 3.93. The fourth-order valence-corrected chi connectivity index (χ4v) is 3.04. The Morgan fingerprint density at radius 3 is 2.00 bits per heavy atom. The first-order valence-electron chi connectivity index (χ1n) is 8.95. The molecule has 0 heterocycles. The molecular weight excluding hydrogens is 384 g/mol. The van der Waals surface area contributed by atoms with E-state index >= 15 is 0 Å². The van der Waals surface area contributed by atoms with Gasteiger partial charge in [0.05, 0.1) is 12.1 Å². The van der Waals surface area contributed by atoms with Crippen molar-refractivity contribution in [2.45, 2.75) is 76.3 Å². The van der Waals surface area contributed by atoms with Crippen LogP contribution in [-0.4, -0.2) is 38.8 Å². The van der Waals surface area contributed by atoms with E-state index < -0.39 is 17.0 Å². The van der Waals surface area contributed by atoms with E-state index in [0.29, 0.717) is 0 Å². The van der Waals surface area contributed by atoms with Crippen LogP contribution in [0.4, 0.5) is 0 Å². The van der Waals surface area contributed by atoms with Gasteiger partial charge in [0.15, 0.2) is 16.2 Å². The molecule has 0 aromatic rings. The van der Waals surface area contributed by atoms with Crippen LogP contribution in [0.15, 0.2) is 10.2 Å². The molecule has 0 radical (unpaired) electrons. The van der Waals surface area contributed by atoms with Crippen molar-refractivity contribution >= 4 is 35.5 Å². The summed E-state index contributed by atoms with van der Waals surface area (Å²) in [6.45, 7) is 3.03. The lowest BCUT2D eigenvalue weighted by Crippen LogP contribution is -2.25. The van der Waals surface area contributed by atoms with E-state index in [9.17, 15) is 20.1 Å². The summed E-state index contributed by atoms with van der Waals surface area (Å²) in [7, 11) is 0. The molecule has 0 amide bonds. The Kier molecular flexibility index (Phi) is 12.8. The number of carbonyl (C=O) groups excluding carboxylic acids is 1. The Morgan fingerprint density at radius 1 is 1.00 bits per heavy atom. The van der Waals surface area contributed by atoms with Crippen LogP contribution in [0.2, 0.25) is 0 Å². The van der Waals surface area contributed by atoms with Crippen LogP contribution in [0.3, 0.4) is 0 Å². The minimum atomic E-state index is -1.30. The highest BCUT2D eigenvalue weighted by Gasteiger charge is 2.29. The van der Waals surface area contributed by atoms with E-state index in [1.165, 1.54) is 18.7 Å². The van der Waals surface area contributed by atoms with Gasteiger partial charge >= 0.3 is 5.97 Å². The van der Waals surface area contributed by atoms with Gasteiger partial charge in [-0.3, -0.25) is 9.59 Å². The van der Waals surface area contributed by atoms with Crippen molar-refractivity contribution in [1.82, 2.24) is 0 Å². The van der Waals surface area contributed by atoms with Gasteiger partial charge in [0.1, 0.15) is 0 Å². The number of aliphatic carboxylic acids is 1. The minimum absolute atomic E-state index is 0.00580. The minimum Gasteiger partial charge on any atom is -0.481 e. The zero-order chi connectivity index (χ0) is 20.8. The average molecular weight is 413 g/mol. The maximum Gasteiger partial charge on any atom is 0.303 e. The van der Waals surface area contributed by atoms with Crippen molar-refractivity contribution in [1.29, 1.82) is 10.5 Å². The molecule has 0 aliphatic rings. The smallest absolute Gasteiger partial charge is 0.303 e. The van der Waals surface area contributed by atoms with Gasteiger partial charge < -0.3 is 5.11 Å². The van der Waals surface area contributed by atoms with Crippen LogP contribution in [0.1, 0.15) is 65.2 Å². The van der Waals surface area contributed by atoms with E-state index in [0.717, 1.165) is 37.2 Å². The number of hydrogen-bond donors (Lipinski definition) is 2. The van der Waals surface area contributed by atoms with Crippen LogP contribution in [0.25, 0.3) is 0 Å². The van der Waals surface area contributed by atoms with Gasteiger partial charge in [-0.05, 0) is 45.3 Å². The summed E-state index contributed by atoms with van der Waals surface area (Å²) in [6.07, 6.45) is 4.45. The first-order chi connectivity index (χ1) is 12.7. The maximum atomic E-state index is 12.0. The molecule has 7 nitrogen and oxygen atoms in total. The average Bonchev–Trinajstić information content (AvgIpc) is 2.66. The van der Waals surface area contributed by atoms with Crippen LogP contribution < -0.4 is 0 Å². The number of rotatable bonds is 14. The topological polar surface area (TPSA) is 127 Å². The highest BCUT2D eigenvalue weighted by molar-refractivity contribution is 8.13. The van der Waals surface area contributed by atoms with Gasteiger partial charge in [0, 0.05) is 18.6 Å². The van der Waals surface area contributed by atoms with E-state index in [4.69, 9.17) is 5.11 Å². The monoisotopic (exact) mass is 412 g/mol. The summed E-state index contributed by atoms with van der Waals surface area (Å²) >= 11 is 5.43. The number of azo groups is 1. The highest BCUT2D eigenvalue weighted by Crippen LogP contribution is 2.24. The summed E-state index contributed by atoms with van der Waals surface area (Å²) < 4.78 is 0. The van der Waals surface area contributed by atoms with Crippen LogP contribution in [0, 0.1) is 22.7 Å². The Bertz CT molecular complexity index is 600. The zero-order valence-electron chi connectivity index (χ0n) is 16.0. The van der Waals surface area contributed by atoms with E-state index in [-0.39, 0.29) is 30.8 Å². The van der Waals surface area contributed by atoms with Gasteiger partial charge in [-0.25, -0.2) is 0 Å². The molecule has 0 bridgehead atoms. The predicted octanol–water partition coefficient (Wildman–Crippen LogP) is 4.40. The summed E-state index contributed by atoms with van der Waals surface area (Å²) in [6, 6.07) is 3.97. The summed E-state index contributed by atoms with van der Waals surface area (Å²) in [5.41, 5.74) is -2.52. The quantitative estimate of drug-likeness (QED) is 0.247. The van der Waals surface area contributed by atoms with Gasteiger partial charge in [0.25, 0.3) is 0 Å². The van der Waals surface area contributed by atoms with Crippen molar-refractivity contribution < 1.29 is 14.7 Å². The van der Waals surface area contributed by atoms with Crippen LogP contribution in [0.5, 0.6) is 0 Å². The number of nitrogens with zero attached hydrogens (tertiary/aromatic N) is 4. The van der Waals surface area contributed by atoms with Gasteiger partial charge in [0.2, 0.25) is 0 Å². The molecule has 9 heteroatoms. The molecule has 0 spiro atoms. The molecule has 0 saturated heterocycles. The molecule has 0 aliphatic carbocycles. The number of carboxylic acid groups (broad SMARTS) is 1. The van der Waals surface area contributed by atoms with Gasteiger partial charge in [-0.2, -0.15) is 33.4 Å². The largest absolute Gasteiger partial charge is 0.481 e. The molecule has 27 heavy (non-hydrogen) atoms. The zero-order valence-corrected chi connectivity index (χ0v) is 17.7. The lowest BCUT2D eigenvalue weighted by molar-refractivity contribution is -0.137. The Labute approximate surface area is 171 Å². The van der Waals surface area contributed by atoms with Crippen molar-refractivity contribution in [3.8, 4) is 12.1 Å². The summed E-state index contributed by atoms with van der Waals surface area (Å²) in [4.78, 5) is 22.7. The Morgan fingerprint density at radius 2 is 1.52 bits per heavy atom. The van der Waals surface area contributed by atoms with Crippen LogP contribution in [-0.2, 0) is 9.59 Å². The van der Waals surface area contributed by atoms with Crippen LogP contribution >= 0.6 is 24.4 Å². The normalized spacial score (nSPS) is 15.4. The van der Waals surface area contributed by atoms with Crippen molar-refractivity contribution in [2.24, 2.45) is 10.2 Å². The molecule has 0 aromatic carbocycles. The third-order valence-corrected chi connectivity index (χ3v) is 5.27. The molecule has 0 rings (SSSR count). The maximum absolute atomic E-state index is 12.0. The summed E-state index contributed by atoms with van der Waals surface area (Å²) in [5, 5.41) is 35.3. The molecule has 1 unspecified atom stereocenters. The number of thiol groups is 1. The number of carbonyl (C=O) groups is 2. The number of carboxylic acids is 1. The molecule has 150 valence electrons. The number of unbranched alkanes of at least 4 members (excludes halogenated alkanes) is 3. The predicted molar refractivity (Wildman–Crippen MR) is 109 cm³/mol. The first-order valence-corrected chi connectivity index (χ1v) is 10.6. The Hall–Kier alpha value is -1.58. The second-order valence-electron chi connectivity index (χ2n) is 6.72. The first kappa shape index (κ1) is 25.4. The standard InChI is InChI=1S/C18H28N4O3S2/c1-17(13-19,9-7-15(23)24)21-22-18(2,14-20)10-8-16(25)27-12-6-4-3-5-11-26/h26H,3-12H2,1-2H3,(H,23,24)/t17?,18-/m1/s1. The number of thioether (sulfide) groups is 1. The fraction of sp³-hybridized carbons (Fsp3) is 0.778. The highest BCUT2D eigenvalue weighted by atomic mass is 32.2. The fourth-order valence-electron chi connectivity index (χ4n) is 2.00. The lowest BCUT2D eigenvalue weighted by atomic mass is 9.98. The second kappa shape index (κ2) is 13.6. The molecular formula is C18H28N4O3S2. The molecule has 1 N–H and O–H groups in total. The lowest BCUT2D eigenvalue weighted by Gasteiger charge is -2.18. The molecule has 2 atom stereocenters. The second-order valence-corrected chi connectivity index (χ2v) is 8.32. The Balaban J connectivity index is 4.50. The molecule has 0 aromatic heterocycles. The van der Waals surface area contributed by atoms with E-state index in [2.05, 4.69) is 22.9 Å². The SMILES string of the molecule is CC(C#N)(CCC(=O)O)N=N[C@@](C)(C#N)CCC(=O)SCCCCCCS. The van der Waals surface area contributed by atoms with E-state index in [1.807, 2.05) is 12.1 Å². The molecule has 0 saturated carbocycles. The van der Waals surface area contributed by atoms with E-state index in [1.54, 1.807) is 6.92 Å². The van der Waals surface area contributed by atoms with Gasteiger partial charge in [-0.1, -0.05) is 24.6 Å². The van der Waals surface area contributed by atoms with Gasteiger partial charge in [-0.15, -0.1) is 0 Å². The van der Waals surface area contributed by atoms with Crippen molar-refractivity contribution in [3.05, 3.63) is 0 Å². The summed E-state index contributed by atoms with van der Waals surface area (Å²) in [5.74, 6) is 0.620. The third kappa shape index (κ3) is 12.4. The number of nitriles is 2. The molecule has 0 fully saturated rings. The van der Waals surface area contributed by atoms with Crippen molar-refractivity contribution in [3.63, 3.8) is 0 Å².